The van der Waals surface area contributed by atoms with Crippen LogP contribution in [-0.4, -0.2) is 96.7 Å². The largest absolute Gasteiger partial charge is 0.472 e. The van der Waals surface area contributed by atoms with E-state index in [2.05, 4.69) is 48.5 Å². The lowest BCUT2D eigenvalue weighted by Crippen LogP contribution is -2.30. The van der Waals surface area contributed by atoms with Crippen molar-refractivity contribution in [2.45, 2.75) is 369 Å². The van der Waals surface area contributed by atoms with Crippen LogP contribution >= 0.6 is 15.6 Å². The molecule has 0 bridgehead atoms. The van der Waals surface area contributed by atoms with Crippen LogP contribution in [-0.2, 0) is 65.4 Å². The van der Waals surface area contributed by atoms with Crippen molar-refractivity contribution in [3.05, 3.63) is 0 Å². The van der Waals surface area contributed by atoms with Gasteiger partial charge in [-0.05, 0) is 43.4 Å². The minimum atomic E-state index is -4.95. The van der Waals surface area contributed by atoms with Crippen molar-refractivity contribution in [2.75, 3.05) is 39.6 Å². The van der Waals surface area contributed by atoms with Crippen molar-refractivity contribution < 1.29 is 80.2 Å². The smallest absolute Gasteiger partial charge is 0.462 e. The fourth-order valence-electron chi connectivity index (χ4n) is 10.5. The number of esters is 4. The Morgan fingerprint density at radius 2 is 0.573 bits per heavy atom. The highest BCUT2D eigenvalue weighted by Gasteiger charge is 2.30. The Morgan fingerprint density at radius 1 is 0.326 bits per heavy atom. The minimum absolute atomic E-state index is 0.102. The van der Waals surface area contributed by atoms with Crippen molar-refractivity contribution >= 4 is 39.5 Å². The fraction of sp³-hybridized carbons (Fsp3) is 0.943. The number of aliphatic hydroxyl groups is 1. The summed E-state index contributed by atoms with van der Waals surface area (Å²) in [5, 5.41) is 10.6. The molecule has 17 nitrogen and oxygen atoms in total. The van der Waals surface area contributed by atoms with Crippen LogP contribution < -0.4 is 0 Å². The summed E-state index contributed by atoms with van der Waals surface area (Å²) in [7, 11) is -9.89. The molecule has 528 valence electrons. The van der Waals surface area contributed by atoms with E-state index in [0.717, 1.165) is 108 Å². The Labute approximate surface area is 543 Å². The molecule has 0 aromatic carbocycles. The SMILES string of the molecule is CCCCCCCCCCCC(=O)OC[C@H](COP(=O)(O)OC[C@H](O)COP(=O)(O)OC[C@@H](COC(=O)CCCCCCCCC(C)CC)OC(=O)CCCCCCCCCCCCCCCCCCCCC(C)C)OC(=O)CCCCCCCCC(C)C. The molecule has 0 fully saturated rings. The highest BCUT2D eigenvalue weighted by molar-refractivity contribution is 7.47. The maximum atomic E-state index is 13.0. The lowest BCUT2D eigenvalue weighted by atomic mass is 10.00. The van der Waals surface area contributed by atoms with Crippen molar-refractivity contribution in [3.63, 3.8) is 0 Å². The highest BCUT2D eigenvalue weighted by atomic mass is 31.2. The predicted octanol–water partition coefficient (Wildman–Crippen LogP) is 19.8. The first-order chi connectivity index (χ1) is 42.8. The van der Waals surface area contributed by atoms with Crippen molar-refractivity contribution in [3.8, 4) is 0 Å². The van der Waals surface area contributed by atoms with Gasteiger partial charge >= 0.3 is 39.5 Å². The molecule has 0 radical (unpaired) electrons. The molecule has 6 atom stereocenters. The molecule has 0 aliphatic rings. The quantitative estimate of drug-likeness (QED) is 0.0222. The van der Waals surface area contributed by atoms with E-state index in [1.54, 1.807) is 0 Å². The van der Waals surface area contributed by atoms with Crippen molar-refractivity contribution in [1.82, 2.24) is 0 Å². The topological polar surface area (TPSA) is 237 Å². The van der Waals surface area contributed by atoms with E-state index in [9.17, 15) is 43.2 Å². The number of rotatable bonds is 68. The molecule has 0 spiro atoms. The third kappa shape index (κ3) is 63.2. The van der Waals surface area contributed by atoms with Gasteiger partial charge in [-0.15, -0.1) is 0 Å². The first-order valence-corrected chi connectivity index (χ1v) is 39.4. The fourth-order valence-corrected chi connectivity index (χ4v) is 12.1. The zero-order valence-electron chi connectivity index (χ0n) is 57.9. The van der Waals surface area contributed by atoms with Crippen LogP contribution in [0.3, 0.4) is 0 Å². The molecule has 0 rings (SSSR count). The number of phosphoric ester groups is 2. The molecule has 3 N–H and O–H groups in total. The lowest BCUT2D eigenvalue weighted by molar-refractivity contribution is -0.161. The van der Waals surface area contributed by atoms with E-state index in [4.69, 9.17) is 37.0 Å². The lowest BCUT2D eigenvalue weighted by Gasteiger charge is -2.21. The molecule has 0 aliphatic heterocycles. The van der Waals surface area contributed by atoms with Gasteiger partial charge in [0.15, 0.2) is 12.2 Å². The molecule has 0 amide bonds. The zero-order chi connectivity index (χ0) is 65.9. The van der Waals surface area contributed by atoms with Crippen LogP contribution in [0.1, 0.15) is 350 Å². The molecule has 0 aromatic rings. The molecule has 0 saturated carbocycles. The molecule has 3 unspecified atom stereocenters. The van der Waals surface area contributed by atoms with E-state index in [0.29, 0.717) is 31.6 Å². The van der Waals surface area contributed by atoms with Crippen molar-refractivity contribution in [2.24, 2.45) is 17.8 Å². The van der Waals surface area contributed by atoms with Crippen LogP contribution in [0.5, 0.6) is 0 Å². The van der Waals surface area contributed by atoms with E-state index in [-0.39, 0.29) is 25.7 Å². The maximum Gasteiger partial charge on any atom is 0.472 e. The summed E-state index contributed by atoms with van der Waals surface area (Å²) in [6, 6.07) is 0. The first kappa shape index (κ1) is 87.1. The Hall–Kier alpha value is -1.94. The summed E-state index contributed by atoms with van der Waals surface area (Å²) < 4.78 is 68.1. The van der Waals surface area contributed by atoms with E-state index in [1.807, 2.05) is 0 Å². The predicted molar refractivity (Wildman–Crippen MR) is 358 cm³/mol. The number of carbonyl (C=O) groups excluding carboxylic acids is 4. The van der Waals surface area contributed by atoms with Gasteiger partial charge in [-0.2, -0.15) is 0 Å². The Balaban J connectivity index is 5.14. The van der Waals surface area contributed by atoms with E-state index < -0.39 is 97.5 Å². The van der Waals surface area contributed by atoms with E-state index in [1.165, 1.54) is 154 Å². The number of unbranched alkanes of at least 4 members (excludes halogenated alkanes) is 35. The average Bonchev–Trinajstić information content (AvgIpc) is 3.57. The van der Waals surface area contributed by atoms with Gasteiger partial charge in [-0.25, -0.2) is 9.13 Å². The van der Waals surface area contributed by atoms with Gasteiger partial charge in [0.2, 0.25) is 0 Å². The van der Waals surface area contributed by atoms with Crippen LogP contribution in [0.2, 0.25) is 0 Å². The average molecular weight is 1310 g/mol. The second kappa shape index (κ2) is 61.0. The monoisotopic (exact) mass is 1310 g/mol. The summed E-state index contributed by atoms with van der Waals surface area (Å²) in [6.45, 7) is 11.7. The van der Waals surface area contributed by atoms with Gasteiger partial charge in [0.05, 0.1) is 26.4 Å². The van der Waals surface area contributed by atoms with Crippen LogP contribution in [0.4, 0.5) is 0 Å². The van der Waals surface area contributed by atoms with Crippen LogP contribution in [0.15, 0.2) is 0 Å². The van der Waals surface area contributed by atoms with Gasteiger partial charge in [0.25, 0.3) is 0 Å². The summed E-state index contributed by atoms with van der Waals surface area (Å²) in [5.74, 6) is 0.0863. The third-order valence-corrected chi connectivity index (χ3v) is 18.4. The Morgan fingerprint density at radius 3 is 0.854 bits per heavy atom. The van der Waals surface area contributed by atoms with Gasteiger partial charge in [0.1, 0.15) is 19.3 Å². The van der Waals surface area contributed by atoms with Crippen LogP contribution in [0, 0.1) is 17.8 Å². The number of ether oxygens (including phenoxy) is 4. The summed E-state index contributed by atoms with van der Waals surface area (Å²) >= 11 is 0. The maximum absolute atomic E-state index is 13.0. The molecule has 19 heteroatoms. The second-order valence-corrected chi connectivity index (χ2v) is 29.4. The third-order valence-electron chi connectivity index (χ3n) is 16.5. The molecule has 89 heavy (non-hydrogen) atoms. The molecule has 0 aromatic heterocycles. The number of aliphatic hydroxyl groups excluding tert-OH is 1. The zero-order valence-corrected chi connectivity index (χ0v) is 59.7. The van der Waals surface area contributed by atoms with Gasteiger partial charge < -0.3 is 33.8 Å². The Kier molecular flexibility index (Phi) is 59.6. The Bertz CT molecular complexity index is 1750. The normalized spacial score (nSPS) is 14.5. The van der Waals surface area contributed by atoms with Crippen molar-refractivity contribution in [1.29, 1.82) is 0 Å². The summed E-state index contributed by atoms with van der Waals surface area (Å²) in [4.78, 5) is 72.3. The van der Waals surface area contributed by atoms with Crippen LogP contribution in [0.25, 0.3) is 0 Å². The van der Waals surface area contributed by atoms with E-state index >= 15 is 0 Å². The van der Waals surface area contributed by atoms with Gasteiger partial charge in [-0.1, -0.05) is 299 Å². The summed E-state index contributed by atoms with van der Waals surface area (Å²) in [5.41, 5.74) is 0. The number of hydrogen-bond acceptors (Lipinski definition) is 15. The molecular formula is C70H136O17P2. The van der Waals surface area contributed by atoms with Gasteiger partial charge in [0, 0.05) is 25.7 Å². The highest BCUT2D eigenvalue weighted by Crippen LogP contribution is 2.45. The molecule has 0 saturated heterocycles. The van der Waals surface area contributed by atoms with Gasteiger partial charge in [-0.3, -0.25) is 37.3 Å². The number of phosphoric acid groups is 2. The molecule has 0 aliphatic carbocycles. The molecular weight excluding hydrogens is 1170 g/mol. The minimum Gasteiger partial charge on any atom is -0.462 e. The number of hydrogen-bond donors (Lipinski definition) is 3. The molecule has 0 heterocycles. The first-order valence-electron chi connectivity index (χ1n) is 36.4. The number of carbonyl (C=O) groups is 4. The summed E-state index contributed by atoms with van der Waals surface area (Å²) in [6.07, 6.45) is 44.8. The second-order valence-electron chi connectivity index (χ2n) is 26.5. The standard InChI is InChI=1S/C70H136O17P2/c1-8-10-11-12-13-24-28-37-44-51-67(72)80-57-66(87-70(75)54-47-40-32-30-35-42-49-62(5)6)60-85-89(78,79)83-56-64(71)55-82-88(76,77)84-59-65(58-81-68(73)52-45-38-33-31-36-43-50-63(7)9-2)86-69(74)53-46-39-29-26-23-21-19-17-15-14-16-18-20-22-25-27-34-41-48-61(3)4/h61-66,71H,8-60H2,1-7H3,(H,76,77)(H,78,79)/t63?,64-,65-,66-/m1/s1.